The molecule has 0 atom stereocenters. The zero-order valence-corrected chi connectivity index (χ0v) is 12.2. The second-order valence-electron chi connectivity index (χ2n) is 6.32. The smallest absolute Gasteiger partial charge is 0.314 e. The summed E-state index contributed by atoms with van der Waals surface area (Å²) in [6.07, 6.45) is 7.04. The van der Waals surface area contributed by atoms with Gasteiger partial charge in [0.25, 0.3) is 0 Å². The molecule has 0 amide bonds. The van der Waals surface area contributed by atoms with Gasteiger partial charge in [-0.15, -0.1) is 0 Å². The number of anilines is 1. The predicted molar refractivity (Wildman–Crippen MR) is 80.4 cm³/mol. The Morgan fingerprint density at radius 3 is 2.65 bits per heavy atom. The molecule has 1 heterocycles. The van der Waals surface area contributed by atoms with Crippen molar-refractivity contribution in [2.24, 2.45) is 0 Å². The van der Waals surface area contributed by atoms with Crippen LogP contribution in [-0.2, 0) is 16.6 Å². The van der Waals surface area contributed by atoms with Crippen LogP contribution in [-0.4, -0.2) is 24.7 Å². The van der Waals surface area contributed by atoms with Crippen molar-refractivity contribution < 1.29 is 9.90 Å². The van der Waals surface area contributed by atoms with E-state index in [1.807, 2.05) is 0 Å². The van der Waals surface area contributed by atoms with Gasteiger partial charge >= 0.3 is 5.97 Å². The molecule has 2 aliphatic rings. The number of aryl methyl sites for hydroxylation is 1. The molecule has 20 heavy (non-hydrogen) atoms. The summed E-state index contributed by atoms with van der Waals surface area (Å²) in [5.74, 6) is -0.638. The Hall–Kier alpha value is -1.51. The van der Waals surface area contributed by atoms with Crippen LogP contribution in [0, 0.1) is 0 Å². The lowest BCUT2D eigenvalue weighted by Crippen LogP contribution is -2.38. The first-order valence-corrected chi connectivity index (χ1v) is 7.71. The minimum atomic E-state index is -0.638. The van der Waals surface area contributed by atoms with Gasteiger partial charge in [0.05, 0.1) is 5.41 Å². The molecule has 0 unspecified atom stereocenters. The van der Waals surface area contributed by atoms with Crippen LogP contribution in [0.15, 0.2) is 18.2 Å². The second kappa shape index (κ2) is 5.12. The molecule has 3 nitrogen and oxygen atoms in total. The molecule has 0 bridgehead atoms. The standard InChI is InChI=1S/C17H23NO2/c1-18-11-5-6-13-12-14(7-8-15(13)18)17(16(19)20)9-3-2-4-10-17/h7-8,12H,2-6,9-11H2,1H3,(H,19,20). The van der Waals surface area contributed by atoms with Crippen LogP contribution >= 0.6 is 0 Å². The van der Waals surface area contributed by atoms with E-state index in [1.165, 1.54) is 17.7 Å². The van der Waals surface area contributed by atoms with Crippen LogP contribution in [0.1, 0.15) is 49.7 Å². The molecule has 0 aromatic heterocycles. The average Bonchev–Trinajstić information content (AvgIpc) is 2.47. The van der Waals surface area contributed by atoms with Crippen LogP contribution in [0.5, 0.6) is 0 Å². The zero-order valence-electron chi connectivity index (χ0n) is 12.2. The van der Waals surface area contributed by atoms with Crippen molar-refractivity contribution in [3.63, 3.8) is 0 Å². The molecule has 108 valence electrons. The van der Waals surface area contributed by atoms with Crippen molar-refractivity contribution in [2.75, 3.05) is 18.5 Å². The van der Waals surface area contributed by atoms with Crippen molar-refractivity contribution in [3.05, 3.63) is 29.3 Å². The number of fused-ring (bicyclic) bond motifs is 1. The third kappa shape index (κ3) is 2.09. The van der Waals surface area contributed by atoms with Gasteiger partial charge in [-0.25, -0.2) is 0 Å². The minimum Gasteiger partial charge on any atom is -0.481 e. The third-order valence-corrected chi connectivity index (χ3v) is 5.10. The molecule has 1 saturated carbocycles. The monoisotopic (exact) mass is 273 g/mol. The maximum Gasteiger partial charge on any atom is 0.314 e. The first-order chi connectivity index (χ1) is 9.63. The summed E-state index contributed by atoms with van der Waals surface area (Å²) in [5, 5.41) is 9.79. The summed E-state index contributed by atoms with van der Waals surface area (Å²) in [7, 11) is 2.12. The van der Waals surface area contributed by atoms with Gasteiger partial charge in [0.1, 0.15) is 0 Å². The molecule has 1 aliphatic carbocycles. The van der Waals surface area contributed by atoms with Gasteiger partial charge in [-0.05, 0) is 42.9 Å². The Bertz CT molecular complexity index is 518. The van der Waals surface area contributed by atoms with Crippen LogP contribution in [0.25, 0.3) is 0 Å². The van der Waals surface area contributed by atoms with Gasteiger partial charge in [-0.1, -0.05) is 31.4 Å². The summed E-state index contributed by atoms with van der Waals surface area (Å²) >= 11 is 0. The fourth-order valence-corrected chi connectivity index (χ4v) is 3.86. The lowest BCUT2D eigenvalue weighted by Gasteiger charge is -2.35. The highest BCUT2D eigenvalue weighted by Crippen LogP contribution is 2.41. The first-order valence-electron chi connectivity index (χ1n) is 7.71. The van der Waals surface area contributed by atoms with Gasteiger partial charge < -0.3 is 10.0 Å². The van der Waals surface area contributed by atoms with E-state index in [4.69, 9.17) is 0 Å². The predicted octanol–water partition coefficient (Wildman–Crippen LogP) is 3.36. The van der Waals surface area contributed by atoms with Gasteiger partial charge in [0, 0.05) is 19.3 Å². The molecule has 3 heteroatoms. The van der Waals surface area contributed by atoms with Crippen molar-refractivity contribution in [2.45, 2.75) is 50.4 Å². The lowest BCUT2D eigenvalue weighted by molar-refractivity contribution is -0.145. The Balaban J connectivity index is 2.02. The van der Waals surface area contributed by atoms with Crippen LogP contribution in [0.2, 0.25) is 0 Å². The molecule has 0 saturated heterocycles. The van der Waals surface area contributed by atoms with E-state index in [0.717, 1.165) is 50.6 Å². The van der Waals surface area contributed by atoms with Gasteiger partial charge in [-0.2, -0.15) is 0 Å². The molecule has 3 rings (SSSR count). The topological polar surface area (TPSA) is 40.5 Å². The summed E-state index contributed by atoms with van der Waals surface area (Å²) in [4.78, 5) is 14.2. The van der Waals surface area contributed by atoms with Crippen molar-refractivity contribution in [3.8, 4) is 0 Å². The van der Waals surface area contributed by atoms with Crippen molar-refractivity contribution in [1.29, 1.82) is 0 Å². The number of hydrogen-bond donors (Lipinski definition) is 1. The minimum absolute atomic E-state index is 0.636. The van der Waals surface area contributed by atoms with Crippen LogP contribution in [0.3, 0.4) is 0 Å². The first kappa shape index (κ1) is 13.5. The molecular formula is C17H23NO2. The number of aliphatic carboxylic acids is 1. The highest BCUT2D eigenvalue weighted by atomic mass is 16.4. The van der Waals surface area contributed by atoms with E-state index >= 15 is 0 Å². The van der Waals surface area contributed by atoms with Gasteiger partial charge in [-0.3, -0.25) is 4.79 Å². The summed E-state index contributed by atoms with van der Waals surface area (Å²) in [6, 6.07) is 6.35. The third-order valence-electron chi connectivity index (χ3n) is 5.10. The quantitative estimate of drug-likeness (QED) is 0.898. The maximum atomic E-state index is 11.9. The Morgan fingerprint density at radius 1 is 1.20 bits per heavy atom. The Morgan fingerprint density at radius 2 is 1.95 bits per heavy atom. The number of benzene rings is 1. The molecule has 1 fully saturated rings. The van der Waals surface area contributed by atoms with E-state index in [0.29, 0.717) is 0 Å². The normalized spacial score (nSPS) is 21.4. The SMILES string of the molecule is CN1CCCc2cc(C3(C(=O)O)CCCCC3)ccc21. The number of carboxylic acid groups (broad SMARTS) is 1. The van der Waals surface area contributed by atoms with Gasteiger partial charge in [0.2, 0.25) is 0 Å². The molecule has 1 aromatic carbocycles. The largest absolute Gasteiger partial charge is 0.481 e. The molecule has 1 aromatic rings. The van der Waals surface area contributed by atoms with E-state index in [2.05, 4.69) is 30.1 Å². The van der Waals surface area contributed by atoms with Crippen molar-refractivity contribution >= 4 is 11.7 Å². The zero-order chi connectivity index (χ0) is 14.2. The Kier molecular flexibility index (Phi) is 3.45. The highest BCUT2D eigenvalue weighted by Gasteiger charge is 2.41. The summed E-state index contributed by atoms with van der Waals surface area (Å²) in [6.45, 7) is 1.09. The number of carboxylic acids is 1. The average molecular weight is 273 g/mol. The second-order valence-corrected chi connectivity index (χ2v) is 6.32. The summed E-state index contributed by atoms with van der Waals surface area (Å²) < 4.78 is 0. The highest BCUT2D eigenvalue weighted by molar-refractivity contribution is 5.82. The molecule has 1 N–H and O–H groups in total. The lowest BCUT2D eigenvalue weighted by atomic mass is 9.69. The number of carbonyl (C=O) groups is 1. The molecule has 0 radical (unpaired) electrons. The number of nitrogens with zero attached hydrogens (tertiary/aromatic N) is 1. The number of rotatable bonds is 2. The Labute approximate surface area is 120 Å². The fraction of sp³-hybridized carbons (Fsp3) is 0.588. The van der Waals surface area contributed by atoms with Crippen molar-refractivity contribution in [1.82, 2.24) is 0 Å². The van der Waals surface area contributed by atoms with E-state index in [9.17, 15) is 9.90 Å². The van der Waals surface area contributed by atoms with E-state index < -0.39 is 11.4 Å². The van der Waals surface area contributed by atoms with Crippen LogP contribution < -0.4 is 4.90 Å². The van der Waals surface area contributed by atoms with E-state index in [-0.39, 0.29) is 0 Å². The molecule has 0 spiro atoms. The molecular weight excluding hydrogens is 250 g/mol. The fourth-order valence-electron chi connectivity index (χ4n) is 3.86. The number of hydrogen-bond acceptors (Lipinski definition) is 2. The maximum absolute atomic E-state index is 11.9. The summed E-state index contributed by atoms with van der Waals surface area (Å²) in [5.41, 5.74) is 2.99. The van der Waals surface area contributed by atoms with Gasteiger partial charge in [0.15, 0.2) is 0 Å². The molecule has 1 aliphatic heterocycles. The van der Waals surface area contributed by atoms with Crippen LogP contribution in [0.4, 0.5) is 5.69 Å². The van der Waals surface area contributed by atoms with E-state index in [1.54, 1.807) is 0 Å².